The first-order chi connectivity index (χ1) is 26.9. The molecule has 1 aromatic carbocycles. The zero-order valence-electron chi connectivity index (χ0n) is 32.3. The van der Waals surface area contributed by atoms with Crippen molar-refractivity contribution < 1.29 is 36.1 Å². The molecule has 2 atom stereocenters. The quantitative estimate of drug-likeness (QED) is 0.0735. The number of ether oxygens (including phenoxy) is 4. The van der Waals surface area contributed by atoms with Gasteiger partial charge in [0.25, 0.3) is 0 Å². The lowest BCUT2D eigenvalue weighted by molar-refractivity contribution is -0.135. The van der Waals surface area contributed by atoms with Crippen LogP contribution in [0.5, 0.6) is 0 Å². The molecule has 304 valence electrons. The molecule has 18 heteroatoms. The Bertz CT molecular complexity index is 1800. The van der Waals surface area contributed by atoms with Gasteiger partial charge < -0.3 is 62.1 Å². The highest BCUT2D eigenvalue weighted by molar-refractivity contribution is 5.83. The predicted molar refractivity (Wildman–Crippen MR) is 209 cm³/mol. The van der Waals surface area contributed by atoms with Crippen molar-refractivity contribution in [3.05, 3.63) is 47.9 Å². The van der Waals surface area contributed by atoms with Gasteiger partial charge in [-0.05, 0) is 29.9 Å². The molecule has 2 aliphatic heterocycles. The number of fused-ring (bicyclic) bond motifs is 1. The van der Waals surface area contributed by atoms with Crippen molar-refractivity contribution in [3.63, 3.8) is 0 Å². The molecule has 4 N–H and O–H groups in total. The van der Waals surface area contributed by atoms with Gasteiger partial charge in [-0.3, -0.25) is 4.79 Å². The van der Waals surface area contributed by atoms with Crippen molar-refractivity contribution >= 4 is 34.7 Å². The third-order valence-electron chi connectivity index (χ3n) is 9.48. The Morgan fingerprint density at radius 1 is 0.964 bits per heavy atom. The molecule has 3 aromatic heterocycles. The summed E-state index contributed by atoms with van der Waals surface area (Å²) in [7, 11) is 0. The standard InChI is InChI=1S/C38H54N12O5.ClH/c1-4-16-52-20-22-55-23-21-53-17-9-40-36-42-37(44-38(43-36)49-14-18-54-19-15-49)48-12-10-47(11-13-48)35(51)34(26-30-25-29-7-5-6-8-32(29)41-30)50-27-33(45-46-50)31(39)24-28(2)3;/h1,5-8,25,27-28,31,34,41H,9-24,26,39H2,2-3H3,(H,40,42,43,44);1H/p-1. The maximum atomic E-state index is 14.4. The molecule has 17 nitrogen and oxygen atoms in total. The van der Waals surface area contributed by atoms with Crippen LogP contribution in [0.25, 0.3) is 10.9 Å². The van der Waals surface area contributed by atoms with Crippen molar-refractivity contribution in [1.29, 1.82) is 0 Å². The molecule has 0 spiro atoms. The molecule has 56 heavy (non-hydrogen) atoms. The lowest BCUT2D eigenvalue weighted by atomic mass is 10.0. The number of aromatic nitrogens is 7. The van der Waals surface area contributed by atoms with Gasteiger partial charge in [-0.15, -0.1) is 11.5 Å². The number of halogens is 1. The summed E-state index contributed by atoms with van der Waals surface area (Å²) in [5.74, 6) is 4.42. The zero-order chi connectivity index (χ0) is 38.4. The zero-order valence-corrected chi connectivity index (χ0v) is 33.1. The summed E-state index contributed by atoms with van der Waals surface area (Å²) in [5, 5.41) is 13.2. The SMILES string of the molecule is C#CCOCCOCCOCCNc1nc(N2CCOCC2)nc(N2CCN(C(=O)C(Cc3cc4ccccc4[nH]3)n3cc(C(N)CC(C)C)nn3)CC2)n1.[Cl-]. The van der Waals surface area contributed by atoms with E-state index in [0.717, 1.165) is 23.0 Å². The van der Waals surface area contributed by atoms with Crippen LogP contribution in [0.4, 0.5) is 17.8 Å². The molecule has 5 heterocycles. The summed E-state index contributed by atoms with van der Waals surface area (Å²) < 4.78 is 23.7. The molecule has 0 bridgehead atoms. The minimum absolute atomic E-state index is 0. The number of aromatic amines is 1. The Morgan fingerprint density at radius 3 is 2.34 bits per heavy atom. The predicted octanol–water partition coefficient (Wildman–Crippen LogP) is -0.942. The van der Waals surface area contributed by atoms with Crippen LogP contribution in [-0.2, 0) is 30.2 Å². The topological polar surface area (TPSA) is 187 Å². The number of carbonyl (C=O) groups is 1. The van der Waals surface area contributed by atoms with Crippen molar-refractivity contribution in [2.75, 3.05) is 114 Å². The van der Waals surface area contributed by atoms with Crippen LogP contribution < -0.4 is 33.3 Å². The fourth-order valence-electron chi connectivity index (χ4n) is 6.61. The number of carbonyl (C=O) groups excluding carboxylic acids is 1. The second-order valence-corrected chi connectivity index (χ2v) is 14.0. The highest BCUT2D eigenvalue weighted by Crippen LogP contribution is 2.25. The summed E-state index contributed by atoms with van der Waals surface area (Å²) in [5.41, 5.74) is 9.13. The van der Waals surface area contributed by atoms with Crippen molar-refractivity contribution in [1.82, 2.24) is 39.8 Å². The normalized spacial score (nSPS) is 15.8. The van der Waals surface area contributed by atoms with E-state index in [4.69, 9.17) is 46.1 Å². The van der Waals surface area contributed by atoms with Gasteiger partial charge in [0, 0.05) is 63.4 Å². The molecule has 4 aromatic rings. The minimum atomic E-state index is -0.602. The molecule has 2 saturated heterocycles. The van der Waals surface area contributed by atoms with Crippen molar-refractivity contribution in [3.8, 4) is 12.3 Å². The van der Waals surface area contributed by atoms with Gasteiger partial charge in [0.2, 0.25) is 23.8 Å². The lowest BCUT2D eigenvalue weighted by Gasteiger charge is -2.36. The molecule has 0 radical (unpaired) electrons. The number of rotatable bonds is 20. The smallest absolute Gasteiger partial charge is 0.248 e. The number of benzene rings is 1. The van der Waals surface area contributed by atoms with E-state index in [1.807, 2.05) is 29.3 Å². The second-order valence-electron chi connectivity index (χ2n) is 14.0. The maximum Gasteiger partial charge on any atom is 0.248 e. The third kappa shape index (κ3) is 12.0. The number of para-hydroxylation sites is 1. The van der Waals surface area contributed by atoms with Gasteiger partial charge in [-0.25, -0.2) is 4.68 Å². The fourth-order valence-corrected chi connectivity index (χ4v) is 6.61. The average molecular weight is 794 g/mol. The van der Waals surface area contributed by atoms with Gasteiger partial charge in [-0.2, -0.15) is 15.0 Å². The number of H-pyrrole nitrogens is 1. The van der Waals surface area contributed by atoms with E-state index in [0.29, 0.717) is 128 Å². The highest BCUT2D eigenvalue weighted by Gasteiger charge is 2.32. The number of piperazine rings is 1. The number of anilines is 3. The summed E-state index contributed by atoms with van der Waals surface area (Å²) in [6, 6.07) is 9.33. The molecule has 6 rings (SSSR count). The number of terminal acetylenes is 1. The average Bonchev–Trinajstić information content (AvgIpc) is 3.87. The number of nitrogens with one attached hydrogen (secondary N) is 2. The van der Waals surface area contributed by atoms with Crippen LogP contribution in [0.1, 0.15) is 43.7 Å². The molecule has 1 amide bonds. The lowest BCUT2D eigenvalue weighted by Crippen LogP contribution is -3.00. The Hall–Kier alpha value is -4.57. The van der Waals surface area contributed by atoms with Crippen LogP contribution in [0, 0.1) is 18.3 Å². The number of hydrogen-bond donors (Lipinski definition) is 3. The molecule has 2 unspecified atom stereocenters. The van der Waals surface area contributed by atoms with E-state index < -0.39 is 6.04 Å². The van der Waals surface area contributed by atoms with E-state index >= 15 is 0 Å². The van der Waals surface area contributed by atoms with Crippen LogP contribution in [-0.4, -0.2) is 144 Å². The van der Waals surface area contributed by atoms with Gasteiger partial charge in [0.1, 0.15) is 12.6 Å². The maximum absolute atomic E-state index is 14.4. The van der Waals surface area contributed by atoms with Gasteiger partial charge in [0.15, 0.2) is 0 Å². The van der Waals surface area contributed by atoms with Crippen molar-refractivity contribution in [2.24, 2.45) is 11.7 Å². The van der Waals surface area contributed by atoms with Crippen LogP contribution >= 0.6 is 0 Å². The number of nitrogens with zero attached hydrogens (tertiary/aromatic N) is 9. The van der Waals surface area contributed by atoms with Crippen molar-refractivity contribution in [2.45, 2.75) is 38.8 Å². The highest BCUT2D eigenvalue weighted by atomic mass is 35.5. The number of amides is 1. The van der Waals surface area contributed by atoms with E-state index in [-0.39, 0.29) is 31.0 Å². The number of morpholine rings is 1. The van der Waals surface area contributed by atoms with Gasteiger partial charge >= 0.3 is 0 Å². The van der Waals surface area contributed by atoms with E-state index in [9.17, 15) is 4.79 Å². The third-order valence-corrected chi connectivity index (χ3v) is 9.48. The summed E-state index contributed by atoms with van der Waals surface area (Å²) in [4.78, 5) is 38.4. The first-order valence-electron chi connectivity index (χ1n) is 19.1. The molecule has 2 fully saturated rings. The first-order valence-corrected chi connectivity index (χ1v) is 19.1. The fraction of sp³-hybridized carbons (Fsp3) is 0.579. The summed E-state index contributed by atoms with van der Waals surface area (Å²) in [6.45, 7) is 12.0. The number of nitrogens with two attached hydrogens (primary N) is 1. The molecule has 0 saturated carbocycles. The Balaban J connectivity index is 0.00000600. The van der Waals surface area contributed by atoms with E-state index in [2.05, 4.69) is 62.3 Å². The first kappa shape index (κ1) is 42.6. The Kier molecular flexibility index (Phi) is 16.5. The van der Waals surface area contributed by atoms with Crippen LogP contribution in [0.3, 0.4) is 0 Å². The van der Waals surface area contributed by atoms with Crippen LogP contribution in [0.15, 0.2) is 36.5 Å². The van der Waals surface area contributed by atoms with E-state index in [1.54, 1.807) is 4.68 Å². The van der Waals surface area contributed by atoms with Gasteiger partial charge in [0.05, 0.1) is 64.2 Å². The molecular weight excluding hydrogens is 740 g/mol. The molecular formula is C38H54ClN12O5-. The number of hydrogen-bond acceptors (Lipinski definition) is 14. The monoisotopic (exact) mass is 793 g/mol. The van der Waals surface area contributed by atoms with E-state index in [1.165, 1.54) is 0 Å². The molecule has 0 aliphatic carbocycles. The summed E-state index contributed by atoms with van der Waals surface area (Å²) in [6.07, 6.45) is 8.21. The van der Waals surface area contributed by atoms with Crippen LogP contribution in [0.2, 0.25) is 0 Å². The summed E-state index contributed by atoms with van der Waals surface area (Å²) >= 11 is 0. The second kappa shape index (κ2) is 21.7. The largest absolute Gasteiger partial charge is 1.00 e. The Morgan fingerprint density at radius 2 is 1.64 bits per heavy atom. The minimum Gasteiger partial charge on any atom is -1.00 e. The van der Waals surface area contributed by atoms with Gasteiger partial charge in [-0.1, -0.05) is 43.2 Å². The molecule has 2 aliphatic rings. The Labute approximate surface area is 334 Å².